The summed E-state index contributed by atoms with van der Waals surface area (Å²) in [6, 6.07) is -0.312. The van der Waals surface area contributed by atoms with Gasteiger partial charge in [0, 0.05) is 0 Å². The Morgan fingerprint density at radius 2 is 1.50 bits per heavy atom. The maximum atomic E-state index is 12.5. The summed E-state index contributed by atoms with van der Waals surface area (Å²) in [6.45, 7) is 0. The predicted octanol–water partition coefficient (Wildman–Crippen LogP) is 2.83. The smallest absolute Gasteiger partial charge is 0.419 e. The Kier molecular flexibility index (Phi) is 2.34. The lowest BCUT2D eigenvalue weighted by molar-refractivity contribution is -0.140. The first-order valence-corrected chi connectivity index (χ1v) is 3.18. The molecule has 0 heterocycles. The number of halogens is 6. The molecule has 0 aliphatic rings. The Labute approximate surface area is 73.6 Å². The molecule has 14 heavy (non-hydrogen) atoms. The standard InChI is InChI=1S/C7H2F6O/c8-3-1-2(7(11,12)13)4(9)5(10)6(3)14/h1,14H. The van der Waals surface area contributed by atoms with Crippen LogP contribution in [0.25, 0.3) is 0 Å². The van der Waals surface area contributed by atoms with Crippen molar-refractivity contribution in [2.45, 2.75) is 6.18 Å². The third kappa shape index (κ3) is 1.61. The zero-order chi connectivity index (χ0) is 11.1. The molecule has 0 fully saturated rings. The van der Waals surface area contributed by atoms with Crippen LogP contribution >= 0.6 is 0 Å². The SMILES string of the molecule is Oc1c(F)cc(C(F)(F)F)c(F)c1F. The highest BCUT2D eigenvalue weighted by molar-refractivity contribution is 5.33. The number of hydrogen-bond acceptors (Lipinski definition) is 1. The highest BCUT2D eigenvalue weighted by Crippen LogP contribution is 2.35. The van der Waals surface area contributed by atoms with Crippen LogP contribution in [0.4, 0.5) is 26.3 Å². The zero-order valence-electron chi connectivity index (χ0n) is 6.29. The van der Waals surface area contributed by atoms with Gasteiger partial charge in [0.2, 0.25) is 5.82 Å². The van der Waals surface area contributed by atoms with E-state index in [9.17, 15) is 26.3 Å². The molecule has 1 nitrogen and oxygen atoms in total. The molecule has 0 saturated heterocycles. The van der Waals surface area contributed by atoms with Crippen LogP contribution in [-0.2, 0) is 6.18 Å². The van der Waals surface area contributed by atoms with Gasteiger partial charge >= 0.3 is 6.18 Å². The second-order valence-electron chi connectivity index (χ2n) is 2.38. The first-order chi connectivity index (χ1) is 6.25. The summed E-state index contributed by atoms with van der Waals surface area (Å²) in [4.78, 5) is 0. The summed E-state index contributed by atoms with van der Waals surface area (Å²) < 4.78 is 73.0. The van der Waals surface area contributed by atoms with E-state index in [1.807, 2.05) is 0 Å². The van der Waals surface area contributed by atoms with Gasteiger partial charge in [0.25, 0.3) is 0 Å². The molecule has 0 atom stereocenters. The summed E-state index contributed by atoms with van der Waals surface area (Å²) in [6.07, 6.45) is -5.21. The highest BCUT2D eigenvalue weighted by atomic mass is 19.4. The molecule has 0 aromatic heterocycles. The number of phenols is 1. The summed E-state index contributed by atoms with van der Waals surface area (Å²) in [5.41, 5.74) is -2.09. The van der Waals surface area contributed by atoms with Gasteiger partial charge in [0.05, 0.1) is 5.56 Å². The number of benzene rings is 1. The third-order valence-corrected chi connectivity index (χ3v) is 1.44. The highest BCUT2D eigenvalue weighted by Gasteiger charge is 2.37. The Morgan fingerprint density at radius 3 is 1.93 bits per heavy atom. The van der Waals surface area contributed by atoms with Gasteiger partial charge in [-0.3, -0.25) is 0 Å². The molecule has 0 saturated carbocycles. The van der Waals surface area contributed by atoms with Gasteiger partial charge in [0.1, 0.15) is 0 Å². The summed E-state index contributed by atoms with van der Waals surface area (Å²) >= 11 is 0. The van der Waals surface area contributed by atoms with E-state index in [0.29, 0.717) is 0 Å². The molecule has 0 amide bonds. The maximum Gasteiger partial charge on any atom is 0.419 e. The van der Waals surface area contributed by atoms with Crippen LogP contribution < -0.4 is 0 Å². The largest absolute Gasteiger partial charge is 0.503 e. The molecular weight excluding hydrogens is 214 g/mol. The van der Waals surface area contributed by atoms with Crippen molar-refractivity contribution in [2.24, 2.45) is 0 Å². The minimum absolute atomic E-state index is 0.312. The zero-order valence-corrected chi connectivity index (χ0v) is 6.29. The molecule has 0 bridgehead atoms. The number of phenolic OH excluding ortho intramolecular Hbond substituents is 1. The molecule has 1 rings (SSSR count). The van der Waals surface area contributed by atoms with Crippen molar-refractivity contribution in [3.05, 3.63) is 29.1 Å². The number of aromatic hydroxyl groups is 1. The van der Waals surface area contributed by atoms with Crippen molar-refractivity contribution in [3.63, 3.8) is 0 Å². The van der Waals surface area contributed by atoms with E-state index in [1.165, 1.54) is 0 Å². The molecule has 78 valence electrons. The lowest BCUT2D eigenvalue weighted by atomic mass is 10.2. The van der Waals surface area contributed by atoms with Gasteiger partial charge < -0.3 is 5.11 Å². The predicted molar refractivity (Wildman–Crippen MR) is 33.0 cm³/mol. The normalized spacial score (nSPS) is 11.9. The number of alkyl halides is 3. The van der Waals surface area contributed by atoms with Crippen molar-refractivity contribution in [2.75, 3.05) is 0 Å². The number of hydrogen-bond donors (Lipinski definition) is 1. The van der Waals surface area contributed by atoms with Crippen molar-refractivity contribution >= 4 is 0 Å². The van der Waals surface area contributed by atoms with Crippen LogP contribution in [0.5, 0.6) is 5.75 Å². The van der Waals surface area contributed by atoms with Gasteiger partial charge in [-0.15, -0.1) is 0 Å². The summed E-state index contributed by atoms with van der Waals surface area (Å²) in [7, 11) is 0. The van der Waals surface area contributed by atoms with Gasteiger partial charge in [-0.1, -0.05) is 0 Å². The second kappa shape index (κ2) is 3.07. The van der Waals surface area contributed by atoms with E-state index in [1.54, 1.807) is 0 Å². The summed E-state index contributed by atoms with van der Waals surface area (Å²) in [5.74, 6) is -8.21. The van der Waals surface area contributed by atoms with Crippen molar-refractivity contribution in [1.82, 2.24) is 0 Å². The van der Waals surface area contributed by atoms with Crippen LogP contribution in [0.2, 0.25) is 0 Å². The lowest BCUT2D eigenvalue weighted by Crippen LogP contribution is -2.10. The first kappa shape index (κ1) is 10.7. The Morgan fingerprint density at radius 1 is 1.00 bits per heavy atom. The Bertz CT molecular complexity index is 369. The van der Waals surface area contributed by atoms with Gasteiger partial charge in [-0.05, 0) is 6.07 Å². The second-order valence-corrected chi connectivity index (χ2v) is 2.38. The van der Waals surface area contributed by atoms with E-state index in [0.717, 1.165) is 0 Å². The molecule has 1 aromatic rings. The Hall–Kier alpha value is -1.40. The van der Waals surface area contributed by atoms with Crippen LogP contribution in [0.15, 0.2) is 6.07 Å². The van der Waals surface area contributed by atoms with E-state index in [4.69, 9.17) is 5.11 Å². The third-order valence-electron chi connectivity index (χ3n) is 1.44. The Balaban J connectivity index is 3.49. The average Bonchev–Trinajstić information content (AvgIpc) is 2.06. The van der Waals surface area contributed by atoms with Crippen molar-refractivity contribution in [1.29, 1.82) is 0 Å². The minimum atomic E-state index is -5.21. The minimum Gasteiger partial charge on any atom is -0.503 e. The fourth-order valence-electron chi connectivity index (χ4n) is 0.792. The quantitative estimate of drug-likeness (QED) is 0.522. The van der Waals surface area contributed by atoms with Gasteiger partial charge in [-0.25, -0.2) is 8.78 Å². The van der Waals surface area contributed by atoms with E-state index in [2.05, 4.69) is 0 Å². The maximum absolute atomic E-state index is 12.5. The van der Waals surface area contributed by atoms with Crippen molar-refractivity contribution < 1.29 is 31.4 Å². The van der Waals surface area contributed by atoms with E-state index >= 15 is 0 Å². The lowest BCUT2D eigenvalue weighted by Gasteiger charge is -2.09. The average molecular weight is 216 g/mol. The van der Waals surface area contributed by atoms with E-state index in [-0.39, 0.29) is 6.07 Å². The van der Waals surface area contributed by atoms with E-state index < -0.39 is 34.9 Å². The van der Waals surface area contributed by atoms with Gasteiger partial charge in [-0.2, -0.15) is 17.6 Å². The molecule has 1 N–H and O–H groups in total. The molecule has 0 spiro atoms. The van der Waals surface area contributed by atoms with Gasteiger partial charge in [0.15, 0.2) is 17.4 Å². The van der Waals surface area contributed by atoms with Crippen LogP contribution in [-0.4, -0.2) is 5.11 Å². The fraction of sp³-hybridized carbons (Fsp3) is 0.143. The molecule has 7 heteroatoms. The summed E-state index contributed by atoms with van der Waals surface area (Å²) in [5, 5.41) is 8.42. The molecular formula is C7H2F6O. The fourth-order valence-corrected chi connectivity index (χ4v) is 0.792. The van der Waals surface area contributed by atoms with Crippen LogP contribution in [0, 0.1) is 17.5 Å². The van der Waals surface area contributed by atoms with Crippen LogP contribution in [0.1, 0.15) is 5.56 Å². The molecule has 0 radical (unpaired) electrons. The first-order valence-electron chi connectivity index (χ1n) is 3.18. The monoisotopic (exact) mass is 216 g/mol. The van der Waals surface area contributed by atoms with Crippen molar-refractivity contribution in [3.8, 4) is 5.75 Å². The molecule has 0 aliphatic carbocycles. The molecule has 0 unspecified atom stereocenters. The molecule has 1 aromatic carbocycles. The topological polar surface area (TPSA) is 20.2 Å². The van der Waals surface area contributed by atoms with Crippen LogP contribution in [0.3, 0.4) is 0 Å². The number of rotatable bonds is 0. The molecule has 0 aliphatic heterocycles.